The van der Waals surface area contributed by atoms with Crippen molar-refractivity contribution >= 4 is 22.5 Å². The van der Waals surface area contributed by atoms with Crippen molar-refractivity contribution in [2.75, 3.05) is 13.7 Å². The Hall–Kier alpha value is -1.97. The van der Waals surface area contributed by atoms with Gasteiger partial charge in [-0.15, -0.1) is 0 Å². The van der Waals surface area contributed by atoms with Gasteiger partial charge in [-0.2, -0.15) is 0 Å². The molecule has 1 aliphatic rings. The summed E-state index contributed by atoms with van der Waals surface area (Å²) in [4.78, 5) is 3.63. The molecule has 4 heteroatoms. The third-order valence-electron chi connectivity index (χ3n) is 5.14. The molecule has 1 unspecified atom stereocenters. The Morgan fingerprint density at radius 1 is 1.16 bits per heavy atom. The summed E-state index contributed by atoms with van der Waals surface area (Å²) in [6.45, 7) is 5.42. The highest BCUT2D eigenvalue weighted by Crippen LogP contribution is 2.38. The predicted octanol–water partition coefficient (Wildman–Crippen LogP) is 5.19. The van der Waals surface area contributed by atoms with Crippen LogP contribution in [0.5, 0.6) is 5.75 Å². The van der Waals surface area contributed by atoms with Crippen LogP contribution in [0.3, 0.4) is 0 Å². The summed E-state index contributed by atoms with van der Waals surface area (Å²) in [5.41, 5.74) is 6.43. The third-order valence-corrected chi connectivity index (χ3v) is 5.38. The molecule has 130 valence electrons. The molecule has 1 aromatic heterocycles. The normalized spacial score (nSPS) is 17.1. The molecule has 1 aliphatic heterocycles. The number of nitrogens with one attached hydrogen (secondary N) is 2. The van der Waals surface area contributed by atoms with E-state index >= 15 is 0 Å². The highest BCUT2D eigenvalue weighted by molar-refractivity contribution is 6.31. The zero-order chi connectivity index (χ0) is 17.6. The Bertz CT molecular complexity index is 929. The molecule has 1 atom stereocenters. The zero-order valence-electron chi connectivity index (χ0n) is 14.8. The van der Waals surface area contributed by atoms with Crippen molar-refractivity contribution < 1.29 is 4.74 Å². The smallest absolute Gasteiger partial charge is 0.119 e. The van der Waals surface area contributed by atoms with Crippen molar-refractivity contribution in [2.24, 2.45) is 0 Å². The first-order valence-electron chi connectivity index (χ1n) is 8.79. The van der Waals surface area contributed by atoms with Gasteiger partial charge in [-0.1, -0.05) is 31.5 Å². The first-order chi connectivity index (χ1) is 12.1. The molecule has 3 aromatic rings. The largest absolute Gasteiger partial charge is 0.497 e. The van der Waals surface area contributed by atoms with E-state index in [-0.39, 0.29) is 6.04 Å². The molecule has 2 N–H and O–H groups in total. The van der Waals surface area contributed by atoms with Crippen molar-refractivity contribution in [2.45, 2.75) is 32.2 Å². The van der Waals surface area contributed by atoms with E-state index in [1.165, 1.54) is 27.8 Å². The zero-order valence-corrected chi connectivity index (χ0v) is 15.6. The number of H-pyrrole nitrogens is 1. The number of hydrogen-bond acceptors (Lipinski definition) is 2. The van der Waals surface area contributed by atoms with Crippen LogP contribution >= 0.6 is 11.6 Å². The lowest BCUT2D eigenvalue weighted by molar-refractivity contribution is 0.413. The van der Waals surface area contributed by atoms with E-state index in [2.05, 4.69) is 54.5 Å². The van der Waals surface area contributed by atoms with Crippen molar-refractivity contribution in [1.29, 1.82) is 0 Å². The van der Waals surface area contributed by atoms with Crippen LogP contribution in [-0.4, -0.2) is 18.6 Å². The molecule has 25 heavy (non-hydrogen) atoms. The van der Waals surface area contributed by atoms with Gasteiger partial charge in [0, 0.05) is 28.2 Å². The SMILES string of the molecule is COc1ccc(C2NCCc3c2[nH]c2ccc(Cl)cc32)c(C(C)C)c1. The lowest BCUT2D eigenvalue weighted by Crippen LogP contribution is -2.31. The van der Waals surface area contributed by atoms with Gasteiger partial charge >= 0.3 is 0 Å². The van der Waals surface area contributed by atoms with Crippen molar-refractivity contribution in [3.63, 3.8) is 0 Å². The van der Waals surface area contributed by atoms with E-state index in [9.17, 15) is 0 Å². The Labute approximate surface area is 153 Å². The maximum absolute atomic E-state index is 6.23. The number of aromatic nitrogens is 1. The molecule has 2 heterocycles. The van der Waals surface area contributed by atoms with Crippen LogP contribution in [0.2, 0.25) is 5.02 Å². The lowest BCUT2D eigenvalue weighted by Gasteiger charge is -2.28. The topological polar surface area (TPSA) is 37.0 Å². The van der Waals surface area contributed by atoms with Gasteiger partial charge in [0.1, 0.15) is 5.75 Å². The van der Waals surface area contributed by atoms with Crippen LogP contribution in [0.25, 0.3) is 10.9 Å². The van der Waals surface area contributed by atoms with Crippen LogP contribution in [0, 0.1) is 0 Å². The standard InChI is InChI=1S/C21H23ClN2O/c1-12(2)17-11-14(25-3)5-6-15(17)20-21-16(8-9-23-20)18-10-13(22)4-7-19(18)24-21/h4-7,10-12,20,23-24H,8-9H2,1-3H3. The molecule has 0 aliphatic carbocycles. The van der Waals surface area contributed by atoms with Gasteiger partial charge in [0.2, 0.25) is 0 Å². The monoisotopic (exact) mass is 354 g/mol. The van der Waals surface area contributed by atoms with Crippen LogP contribution in [0.15, 0.2) is 36.4 Å². The minimum atomic E-state index is 0.165. The molecule has 0 amide bonds. The first-order valence-corrected chi connectivity index (χ1v) is 9.17. The number of hydrogen-bond donors (Lipinski definition) is 2. The molecule has 0 fully saturated rings. The van der Waals surface area contributed by atoms with Gasteiger partial charge in [-0.05, 0) is 59.4 Å². The third kappa shape index (κ3) is 2.82. The summed E-state index contributed by atoms with van der Waals surface area (Å²) >= 11 is 6.23. The quantitative estimate of drug-likeness (QED) is 0.679. The number of halogens is 1. The number of fused-ring (bicyclic) bond motifs is 3. The highest BCUT2D eigenvalue weighted by Gasteiger charge is 2.27. The molecule has 0 bridgehead atoms. The summed E-state index contributed by atoms with van der Waals surface area (Å²) in [5, 5.41) is 5.73. The number of benzene rings is 2. The summed E-state index contributed by atoms with van der Waals surface area (Å²) in [6, 6.07) is 12.7. The van der Waals surface area contributed by atoms with Crippen LogP contribution in [-0.2, 0) is 6.42 Å². The fourth-order valence-electron chi connectivity index (χ4n) is 3.91. The van der Waals surface area contributed by atoms with Gasteiger partial charge in [0.25, 0.3) is 0 Å². The highest BCUT2D eigenvalue weighted by atomic mass is 35.5. The van der Waals surface area contributed by atoms with Gasteiger partial charge in [0.05, 0.1) is 13.2 Å². The number of rotatable bonds is 3. The van der Waals surface area contributed by atoms with E-state index < -0.39 is 0 Å². The molecule has 0 saturated heterocycles. The molecule has 4 rings (SSSR count). The second-order valence-corrected chi connectivity index (χ2v) is 7.43. The van der Waals surface area contributed by atoms with Gasteiger partial charge in [-0.3, -0.25) is 0 Å². The predicted molar refractivity (Wildman–Crippen MR) is 104 cm³/mol. The molecular weight excluding hydrogens is 332 g/mol. The maximum atomic E-state index is 6.23. The van der Waals surface area contributed by atoms with Gasteiger partial charge < -0.3 is 15.0 Å². The van der Waals surface area contributed by atoms with E-state index in [0.717, 1.165) is 29.3 Å². The van der Waals surface area contributed by atoms with E-state index in [1.807, 2.05) is 6.07 Å². The molecule has 0 spiro atoms. The first kappa shape index (κ1) is 16.5. The van der Waals surface area contributed by atoms with Crippen molar-refractivity contribution in [1.82, 2.24) is 10.3 Å². The Morgan fingerprint density at radius 2 is 2.00 bits per heavy atom. The van der Waals surface area contributed by atoms with Crippen molar-refractivity contribution in [3.05, 3.63) is 63.8 Å². The Morgan fingerprint density at radius 3 is 2.76 bits per heavy atom. The average molecular weight is 355 g/mol. The molecule has 3 nitrogen and oxygen atoms in total. The van der Waals surface area contributed by atoms with Crippen LogP contribution in [0.4, 0.5) is 0 Å². The van der Waals surface area contributed by atoms with Gasteiger partial charge in [-0.25, -0.2) is 0 Å². The van der Waals surface area contributed by atoms with E-state index in [0.29, 0.717) is 5.92 Å². The van der Waals surface area contributed by atoms with E-state index in [1.54, 1.807) is 7.11 Å². The summed E-state index contributed by atoms with van der Waals surface area (Å²) in [7, 11) is 1.72. The second kappa shape index (κ2) is 6.40. The molecule has 0 saturated carbocycles. The van der Waals surface area contributed by atoms with E-state index in [4.69, 9.17) is 16.3 Å². The van der Waals surface area contributed by atoms with Crippen LogP contribution < -0.4 is 10.1 Å². The summed E-state index contributed by atoms with van der Waals surface area (Å²) in [5.74, 6) is 1.34. The number of aromatic amines is 1. The summed E-state index contributed by atoms with van der Waals surface area (Å²) in [6.07, 6.45) is 1.01. The number of methoxy groups -OCH3 is 1. The Kier molecular flexibility index (Phi) is 4.22. The fraction of sp³-hybridized carbons (Fsp3) is 0.333. The van der Waals surface area contributed by atoms with Crippen molar-refractivity contribution in [3.8, 4) is 5.75 Å². The van der Waals surface area contributed by atoms with Gasteiger partial charge in [0.15, 0.2) is 0 Å². The maximum Gasteiger partial charge on any atom is 0.119 e. The lowest BCUT2D eigenvalue weighted by atomic mass is 9.87. The molecular formula is C21H23ClN2O. The average Bonchev–Trinajstić information content (AvgIpc) is 2.99. The summed E-state index contributed by atoms with van der Waals surface area (Å²) < 4.78 is 5.44. The van der Waals surface area contributed by atoms with Crippen LogP contribution in [0.1, 0.15) is 48.2 Å². The Balaban J connectivity index is 1.88. The molecule has 2 aromatic carbocycles. The second-order valence-electron chi connectivity index (χ2n) is 6.99. The number of ether oxygens (including phenoxy) is 1. The minimum absolute atomic E-state index is 0.165. The fourth-order valence-corrected chi connectivity index (χ4v) is 4.08. The minimum Gasteiger partial charge on any atom is -0.497 e. The molecule has 0 radical (unpaired) electrons.